The Hall–Kier alpha value is -2.63. The molecule has 0 radical (unpaired) electrons. The van der Waals surface area contributed by atoms with Crippen molar-refractivity contribution in [2.75, 3.05) is 27.9 Å². The maximum atomic E-state index is 12.0. The third-order valence-electron chi connectivity index (χ3n) is 3.17. The van der Waals surface area contributed by atoms with Crippen LogP contribution in [0.5, 0.6) is 23.0 Å². The molecule has 22 heavy (non-hydrogen) atoms. The highest BCUT2D eigenvalue weighted by molar-refractivity contribution is 5.51. The molecule has 0 unspecified atom stereocenters. The lowest BCUT2D eigenvalue weighted by atomic mass is 10.3. The summed E-state index contributed by atoms with van der Waals surface area (Å²) in [6.45, 7) is 0.682. The molecule has 0 aliphatic carbocycles. The van der Waals surface area contributed by atoms with Gasteiger partial charge in [0.2, 0.25) is 5.75 Å². The highest BCUT2D eigenvalue weighted by Gasteiger charge is 2.11. The molecule has 0 saturated carbocycles. The van der Waals surface area contributed by atoms with Crippen molar-refractivity contribution in [1.29, 1.82) is 0 Å². The smallest absolute Gasteiger partial charge is 0.292 e. The summed E-state index contributed by atoms with van der Waals surface area (Å²) >= 11 is 0. The summed E-state index contributed by atoms with van der Waals surface area (Å²) in [6.07, 6.45) is 1.69. The molecule has 0 fully saturated rings. The van der Waals surface area contributed by atoms with Crippen LogP contribution in [-0.2, 0) is 6.54 Å². The zero-order valence-electron chi connectivity index (χ0n) is 12.9. The molecule has 0 atom stereocenters. The number of para-hydroxylation sites is 1. The summed E-state index contributed by atoms with van der Waals surface area (Å²) in [6, 6.07) is 8.77. The van der Waals surface area contributed by atoms with Crippen LogP contribution in [0.25, 0.3) is 0 Å². The van der Waals surface area contributed by atoms with E-state index in [1.54, 1.807) is 44.7 Å². The minimum Gasteiger partial charge on any atom is -0.493 e. The van der Waals surface area contributed by atoms with Gasteiger partial charge in [0.05, 0.1) is 27.9 Å². The van der Waals surface area contributed by atoms with Gasteiger partial charge in [-0.1, -0.05) is 6.07 Å². The summed E-state index contributed by atoms with van der Waals surface area (Å²) in [4.78, 5) is 12.0. The Morgan fingerprint density at radius 1 is 0.909 bits per heavy atom. The number of pyridine rings is 1. The Kier molecular flexibility index (Phi) is 5.30. The molecular formula is C16H19NO5. The Bertz CT molecular complexity index is 658. The van der Waals surface area contributed by atoms with Gasteiger partial charge in [-0.25, -0.2) is 0 Å². The predicted molar refractivity (Wildman–Crippen MR) is 82.3 cm³/mol. The fraction of sp³-hybridized carbons (Fsp3) is 0.312. The van der Waals surface area contributed by atoms with Crippen molar-refractivity contribution in [3.05, 3.63) is 46.9 Å². The Morgan fingerprint density at radius 3 is 2.09 bits per heavy atom. The average Bonchev–Trinajstić information content (AvgIpc) is 2.56. The summed E-state index contributed by atoms with van der Waals surface area (Å²) in [5.41, 5.74) is -0.194. The fourth-order valence-corrected chi connectivity index (χ4v) is 2.05. The lowest BCUT2D eigenvalue weighted by Crippen LogP contribution is -2.23. The highest BCUT2D eigenvalue weighted by Crippen LogP contribution is 2.36. The molecule has 0 bridgehead atoms. The Balaban J connectivity index is 2.10. The molecule has 2 aromatic rings. The van der Waals surface area contributed by atoms with Gasteiger partial charge >= 0.3 is 0 Å². The van der Waals surface area contributed by atoms with Gasteiger partial charge in [0.1, 0.15) is 6.61 Å². The largest absolute Gasteiger partial charge is 0.493 e. The fourth-order valence-electron chi connectivity index (χ4n) is 2.05. The molecule has 6 nitrogen and oxygen atoms in total. The van der Waals surface area contributed by atoms with E-state index in [4.69, 9.17) is 18.9 Å². The topological polar surface area (TPSA) is 58.9 Å². The minimum absolute atomic E-state index is 0.194. The molecule has 2 rings (SSSR count). The van der Waals surface area contributed by atoms with Crippen LogP contribution in [0.15, 0.2) is 41.3 Å². The lowest BCUT2D eigenvalue weighted by molar-refractivity contribution is 0.261. The van der Waals surface area contributed by atoms with Crippen LogP contribution < -0.4 is 24.5 Å². The molecule has 0 N–H and O–H groups in total. The van der Waals surface area contributed by atoms with Crippen LogP contribution in [0.3, 0.4) is 0 Å². The number of aromatic nitrogens is 1. The summed E-state index contributed by atoms with van der Waals surface area (Å²) in [5, 5.41) is 0. The highest BCUT2D eigenvalue weighted by atomic mass is 16.5. The maximum absolute atomic E-state index is 12.0. The van der Waals surface area contributed by atoms with Crippen LogP contribution in [-0.4, -0.2) is 32.5 Å². The second-order valence-corrected chi connectivity index (χ2v) is 4.42. The predicted octanol–water partition coefficient (Wildman–Crippen LogP) is 1.95. The second-order valence-electron chi connectivity index (χ2n) is 4.42. The third-order valence-corrected chi connectivity index (χ3v) is 3.17. The van der Waals surface area contributed by atoms with E-state index < -0.39 is 0 Å². The van der Waals surface area contributed by atoms with Crippen molar-refractivity contribution < 1.29 is 18.9 Å². The van der Waals surface area contributed by atoms with Crippen molar-refractivity contribution in [2.24, 2.45) is 0 Å². The quantitative estimate of drug-likeness (QED) is 0.782. The molecule has 0 saturated heterocycles. The molecule has 118 valence electrons. The van der Waals surface area contributed by atoms with Crippen LogP contribution in [0.4, 0.5) is 0 Å². The lowest BCUT2D eigenvalue weighted by Gasteiger charge is -2.14. The van der Waals surface area contributed by atoms with E-state index in [2.05, 4.69) is 0 Å². The number of hydrogen-bond acceptors (Lipinski definition) is 5. The molecule has 0 aliphatic rings. The first-order valence-electron chi connectivity index (χ1n) is 6.78. The molecule has 0 aliphatic heterocycles. The van der Waals surface area contributed by atoms with E-state index in [0.717, 1.165) is 0 Å². The molecular weight excluding hydrogens is 286 g/mol. The normalized spacial score (nSPS) is 10.1. The number of hydrogen-bond donors (Lipinski definition) is 0. The number of nitrogens with zero attached hydrogens (tertiary/aromatic N) is 1. The molecule has 6 heteroatoms. The monoisotopic (exact) mass is 305 g/mol. The van der Waals surface area contributed by atoms with E-state index in [9.17, 15) is 4.79 Å². The zero-order valence-corrected chi connectivity index (χ0v) is 12.9. The van der Waals surface area contributed by atoms with Crippen LogP contribution in [0.1, 0.15) is 0 Å². The maximum Gasteiger partial charge on any atom is 0.292 e. The van der Waals surface area contributed by atoms with Crippen molar-refractivity contribution in [3.63, 3.8) is 0 Å². The van der Waals surface area contributed by atoms with Gasteiger partial charge in [-0.05, 0) is 24.3 Å². The first-order chi connectivity index (χ1) is 10.7. The van der Waals surface area contributed by atoms with Gasteiger partial charge < -0.3 is 23.5 Å². The number of ether oxygens (including phenoxy) is 4. The summed E-state index contributed by atoms with van der Waals surface area (Å²) < 4.78 is 22.8. The van der Waals surface area contributed by atoms with E-state index in [0.29, 0.717) is 36.1 Å². The minimum atomic E-state index is -0.194. The van der Waals surface area contributed by atoms with E-state index >= 15 is 0 Å². The molecule has 1 heterocycles. The van der Waals surface area contributed by atoms with Gasteiger partial charge in [-0.2, -0.15) is 0 Å². The van der Waals surface area contributed by atoms with Crippen LogP contribution >= 0.6 is 0 Å². The molecule has 1 aromatic carbocycles. The van der Waals surface area contributed by atoms with Crippen molar-refractivity contribution in [3.8, 4) is 23.0 Å². The van der Waals surface area contributed by atoms with E-state index in [1.165, 1.54) is 11.7 Å². The summed E-state index contributed by atoms with van der Waals surface area (Å²) in [7, 11) is 4.60. The van der Waals surface area contributed by atoms with Gasteiger partial charge in [0.25, 0.3) is 5.56 Å². The van der Waals surface area contributed by atoms with Gasteiger partial charge in [-0.15, -0.1) is 0 Å². The van der Waals surface area contributed by atoms with E-state index in [1.807, 2.05) is 6.07 Å². The molecule has 0 spiro atoms. The van der Waals surface area contributed by atoms with Crippen molar-refractivity contribution in [2.45, 2.75) is 6.54 Å². The third kappa shape index (κ3) is 3.33. The first kappa shape index (κ1) is 15.8. The molecule has 0 amide bonds. The average molecular weight is 305 g/mol. The van der Waals surface area contributed by atoms with Crippen LogP contribution in [0.2, 0.25) is 0 Å². The zero-order chi connectivity index (χ0) is 15.9. The van der Waals surface area contributed by atoms with Crippen LogP contribution in [0, 0.1) is 0 Å². The van der Waals surface area contributed by atoms with Crippen molar-refractivity contribution >= 4 is 0 Å². The van der Waals surface area contributed by atoms with Gasteiger partial charge in [0, 0.05) is 6.20 Å². The van der Waals surface area contributed by atoms with Crippen molar-refractivity contribution in [1.82, 2.24) is 4.57 Å². The number of methoxy groups -OCH3 is 3. The Labute approximate surface area is 128 Å². The number of rotatable bonds is 7. The Morgan fingerprint density at radius 2 is 1.50 bits per heavy atom. The molecule has 1 aromatic heterocycles. The standard InChI is InChI=1S/C16H19NO5/c1-19-12-6-4-7-13(20-2)15(12)22-11-10-17-9-5-8-14(21-3)16(17)18/h4-9H,10-11H2,1-3H3. The number of benzene rings is 1. The summed E-state index contributed by atoms with van der Waals surface area (Å²) in [5.74, 6) is 1.98. The SMILES string of the molecule is COc1cccc(OC)c1OCCn1cccc(OC)c1=O. The second kappa shape index (κ2) is 7.40. The van der Waals surface area contributed by atoms with Gasteiger partial charge in [0.15, 0.2) is 17.2 Å². The van der Waals surface area contributed by atoms with E-state index in [-0.39, 0.29) is 5.56 Å². The van der Waals surface area contributed by atoms with Gasteiger partial charge in [-0.3, -0.25) is 4.79 Å². The first-order valence-corrected chi connectivity index (χ1v) is 6.78.